The van der Waals surface area contributed by atoms with Gasteiger partial charge in [0.1, 0.15) is 29.8 Å². The van der Waals surface area contributed by atoms with Gasteiger partial charge in [0.2, 0.25) is 0 Å². The highest BCUT2D eigenvalue weighted by Gasteiger charge is 2.49. The van der Waals surface area contributed by atoms with E-state index in [4.69, 9.17) is 29.5 Å². The van der Waals surface area contributed by atoms with Crippen molar-refractivity contribution in [2.75, 3.05) is 50.9 Å². The number of nitrogens with zero attached hydrogens (tertiary/aromatic N) is 9. The fourth-order valence-corrected chi connectivity index (χ4v) is 9.32. The van der Waals surface area contributed by atoms with Crippen LogP contribution in [-0.2, 0) is 11.2 Å². The lowest BCUT2D eigenvalue weighted by atomic mass is 9.91. The monoisotopic (exact) mass is 728 g/mol. The van der Waals surface area contributed by atoms with Gasteiger partial charge in [0.05, 0.1) is 34.5 Å². The largest absolute Gasteiger partial charge is 0.461 e. The highest BCUT2D eigenvalue weighted by molar-refractivity contribution is 5.99. The molecule has 4 aromatic heterocycles. The molecule has 4 saturated heterocycles. The molecule has 1 aromatic carbocycles. The number of aliphatic hydroxyl groups is 1. The number of fused-ring (bicyclic) bond motifs is 3. The van der Waals surface area contributed by atoms with Gasteiger partial charge in [-0.05, 0) is 88.4 Å². The third-order valence-electron chi connectivity index (χ3n) is 11.9. The van der Waals surface area contributed by atoms with Gasteiger partial charge in [-0.1, -0.05) is 0 Å². The van der Waals surface area contributed by atoms with Crippen molar-refractivity contribution in [1.82, 2.24) is 45.0 Å². The zero-order valence-corrected chi connectivity index (χ0v) is 30.1. The third kappa shape index (κ3) is 6.19. The number of H-pyrrole nitrogens is 1. The SMILES string of the molecule is Cc1cc2c(cnn2C2CCCCO2)c(-c2ncc3c(N4CCCC(c5cn[nH]n5)C4)nc(OC[C@@]45CCCN4C[C@H](F)C5)nc3c2F)c1CCCO. The molecular formula is C38H46F2N10O3. The summed E-state index contributed by atoms with van der Waals surface area (Å²) in [4.78, 5) is 18.8. The highest BCUT2D eigenvalue weighted by Crippen LogP contribution is 2.43. The van der Waals surface area contributed by atoms with E-state index in [2.05, 4.69) is 31.3 Å². The summed E-state index contributed by atoms with van der Waals surface area (Å²) < 4.78 is 46.6. The molecule has 0 aliphatic carbocycles. The van der Waals surface area contributed by atoms with Crippen LogP contribution in [0, 0.1) is 12.7 Å². The van der Waals surface area contributed by atoms with E-state index in [-0.39, 0.29) is 42.6 Å². The topological polar surface area (TPSA) is 143 Å². The van der Waals surface area contributed by atoms with Crippen LogP contribution in [0.3, 0.4) is 0 Å². The Morgan fingerprint density at radius 1 is 1.08 bits per heavy atom. The number of rotatable bonds is 10. The summed E-state index contributed by atoms with van der Waals surface area (Å²) in [6.45, 7) is 5.46. The summed E-state index contributed by atoms with van der Waals surface area (Å²) >= 11 is 0. The first-order valence-electron chi connectivity index (χ1n) is 19.1. The van der Waals surface area contributed by atoms with Crippen molar-refractivity contribution >= 4 is 27.6 Å². The van der Waals surface area contributed by atoms with Crippen LogP contribution in [0.25, 0.3) is 33.1 Å². The molecule has 0 spiro atoms. The Bertz CT molecular complexity index is 2110. The van der Waals surface area contributed by atoms with E-state index in [1.54, 1.807) is 18.6 Å². The molecular weight excluding hydrogens is 682 g/mol. The maximum atomic E-state index is 17.5. The Balaban J connectivity index is 1.18. The molecule has 2 unspecified atom stereocenters. The maximum Gasteiger partial charge on any atom is 0.319 e. The summed E-state index contributed by atoms with van der Waals surface area (Å²) in [7, 11) is 0. The van der Waals surface area contributed by atoms with Gasteiger partial charge in [-0.15, -0.1) is 0 Å². The second-order valence-corrected chi connectivity index (χ2v) is 15.3. The van der Waals surface area contributed by atoms with Crippen LogP contribution in [-0.4, -0.2) is 108 Å². The van der Waals surface area contributed by atoms with Crippen LogP contribution in [0.5, 0.6) is 6.01 Å². The Kier molecular flexibility index (Phi) is 9.19. The molecule has 4 fully saturated rings. The molecule has 0 radical (unpaired) electrons. The molecule has 13 nitrogen and oxygen atoms in total. The van der Waals surface area contributed by atoms with Gasteiger partial charge in [0.25, 0.3) is 0 Å². The van der Waals surface area contributed by atoms with E-state index < -0.39 is 17.5 Å². The normalized spacial score (nSPS) is 25.1. The van der Waals surface area contributed by atoms with Crippen molar-refractivity contribution in [2.24, 2.45) is 0 Å². The first-order valence-corrected chi connectivity index (χ1v) is 19.1. The molecule has 8 heterocycles. The van der Waals surface area contributed by atoms with Crippen molar-refractivity contribution in [3.05, 3.63) is 47.3 Å². The van der Waals surface area contributed by atoms with E-state index in [0.717, 1.165) is 79.2 Å². The Labute approximate surface area is 306 Å². The number of piperidine rings is 1. The quantitative estimate of drug-likeness (QED) is 0.186. The molecule has 0 bridgehead atoms. The van der Waals surface area contributed by atoms with Crippen LogP contribution < -0.4 is 9.64 Å². The third-order valence-corrected chi connectivity index (χ3v) is 11.9. The Morgan fingerprint density at radius 3 is 2.83 bits per heavy atom. The van der Waals surface area contributed by atoms with Crippen LogP contribution in [0.1, 0.15) is 86.8 Å². The van der Waals surface area contributed by atoms with E-state index in [9.17, 15) is 9.50 Å². The molecule has 280 valence electrons. The minimum Gasteiger partial charge on any atom is -0.461 e. The Morgan fingerprint density at radius 2 is 2.00 bits per heavy atom. The minimum absolute atomic E-state index is 0.00421. The summed E-state index contributed by atoms with van der Waals surface area (Å²) in [6, 6.07) is 2.15. The van der Waals surface area contributed by atoms with Crippen molar-refractivity contribution in [3.8, 4) is 17.3 Å². The maximum absolute atomic E-state index is 17.5. The molecule has 0 saturated carbocycles. The molecule has 2 N–H and O–H groups in total. The number of anilines is 1. The van der Waals surface area contributed by atoms with Crippen LogP contribution >= 0.6 is 0 Å². The fourth-order valence-electron chi connectivity index (χ4n) is 9.32. The van der Waals surface area contributed by atoms with Gasteiger partial charge >= 0.3 is 6.01 Å². The van der Waals surface area contributed by atoms with E-state index in [1.807, 2.05) is 11.6 Å². The van der Waals surface area contributed by atoms with Crippen LogP contribution in [0.2, 0.25) is 0 Å². The van der Waals surface area contributed by atoms with Gasteiger partial charge in [0.15, 0.2) is 12.0 Å². The number of halogens is 2. The lowest BCUT2D eigenvalue weighted by Crippen LogP contribution is -2.43. The van der Waals surface area contributed by atoms with Crippen LogP contribution in [0.4, 0.5) is 14.6 Å². The molecule has 0 amide bonds. The number of ether oxygens (including phenoxy) is 2. The molecule has 4 atom stereocenters. The van der Waals surface area contributed by atoms with Crippen molar-refractivity contribution in [3.63, 3.8) is 0 Å². The highest BCUT2D eigenvalue weighted by atomic mass is 19.1. The smallest absolute Gasteiger partial charge is 0.319 e. The van der Waals surface area contributed by atoms with Gasteiger partial charge in [0, 0.05) is 62.3 Å². The number of pyridine rings is 1. The first kappa shape index (κ1) is 34.4. The number of aromatic amines is 1. The van der Waals surface area contributed by atoms with Gasteiger partial charge in [-0.25, -0.2) is 13.5 Å². The average molecular weight is 729 g/mol. The van der Waals surface area contributed by atoms with Crippen molar-refractivity contribution in [1.29, 1.82) is 0 Å². The number of alkyl halides is 1. The van der Waals surface area contributed by atoms with Gasteiger partial charge < -0.3 is 19.5 Å². The van der Waals surface area contributed by atoms with E-state index in [1.165, 1.54) is 0 Å². The molecule has 9 rings (SSSR count). The second-order valence-electron chi connectivity index (χ2n) is 15.3. The summed E-state index contributed by atoms with van der Waals surface area (Å²) in [5.74, 6) is 0.0771. The van der Waals surface area contributed by atoms with Gasteiger partial charge in [-0.3, -0.25) is 9.88 Å². The molecule has 4 aliphatic heterocycles. The van der Waals surface area contributed by atoms with E-state index >= 15 is 4.39 Å². The molecule has 4 aliphatic rings. The first-order chi connectivity index (χ1) is 25.9. The number of hydrogen-bond donors (Lipinski definition) is 2. The fraction of sp³-hybridized carbons (Fsp3) is 0.579. The van der Waals surface area contributed by atoms with Gasteiger partial charge in [-0.2, -0.15) is 30.5 Å². The number of aryl methyl sites for hydroxylation is 1. The number of aliphatic hydroxyl groups excluding tert-OH is 1. The van der Waals surface area contributed by atoms with Crippen molar-refractivity contribution in [2.45, 2.75) is 95.0 Å². The lowest BCUT2D eigenvalue weighted by molar-refractivity contribution is -0.0366. The number of benzene rings is 1. The lowest BCUT2D eigenvalue weighted by Gasteiger charge is -2.34. The molecule has 53 heavy (non-hydrogen) atoms. The Hall–Kier alpha value is -4.34. The predicted octanol–water partition coefficient (Wildman–Crippen LogP) is 5.57. The number of aromatic nitrogens is 8. The number of hydrogen-bond acceptors (Lipinski definition) is 11. The zero-order valence-electron chi connectivity index (χ0n) is 30.1. The summed E-state index contributed by atoms with van der Waals surface area (Å²) in [5.41, 5.74) is 4.08. The second kappa shape index (κ2) is 14.1. The van der Waals surface area contributed by atoms with Crippen LogP contribution in [0.15, 0.2) is 24.7 Å². The molecule has 15 heteroatoms. The molecule has 5 aromatic rings. The standard InChI is InChI=1S/C38H46F2N10O3/c1-23-15-30-27(18-43-50(30)31-9-2-3-14-52-31)32(26(23)8-5-13-51)35-33(40)34-28(17-41-35)36(48-11-4-7-24(20-48)29-19-42-47-46-29)45-37(44-34)53-22-38-10-6-12-49(38)21-25(39)16-38/h15,17-19,24-25,31,51H,2-14,16,20-22H2,1H3,(H,42,46,47)/t24?,25-,31?,38+/m1/s1. The minimum atomic E-state index is -0.903. The van der Waals surface area contributed by atoms with Crippen molar-refractivity contribution < 1.29 is 23.4 Å². The number of nitrogens with one attached hydrogen (secondary N) is 1. The zero-order chi connectivity index (χ0) is 36.1. The average Bonchev–Trinajstić information content (AvgIpc) is 3.99. The predicted molar refractivity (Wildman–Crippen MR) is 194 cm³/mol. The summed E-state index contributed by atoms with van der Waals surface area (Å²) in [5, 5.41) is 27.0. The summed E-state index contributed by atoms with van der Waals surface area (Å²) in [6.07, 6.45) is 12.1. The van der Waals surface area contributed by atoms with E-state index in [0.29, 0.717) is 62.3 Å².